The van der Waals surface area contributed by atoms with Crippen molar-refractivity contribution in [2.45, 2.75) is 37.6 Å². The van der Waals surface area contributed by atoms with E-state index in [1.807, 2.05) is 44.2 Å². The van der Waals surface area contributed by atoms with Crippen LogP contribution in [0.5, 0.6) is 0 Å². The molecule has 2 fully saturated rings. The van der Waals surface area contributed by atoms with Crippen LogP contribution in [0.15, 0.2) is 47.4 Å². The van der Waals surface area contributed by atoms with Crippen molar-refractivity contribution >= 4 is 32.6 Å². The fourth-order valence-electron chi connectivity index (χ4n) is 4.55. The summed E-state index contributed by atoms with van der Waals surface area (Å²) >= 11 is 0. The first-order valence-corrected chi connectivity index (χ1v) is 13.5. The van der Waals surface area contributed by atoms with Crippen molar-refractivity contribution < 1.29 is 18.0 Å². The third kappa shape index (κ3) is 5.59. The molecule has 0 unspecified atom stereocenters. The molecule has 0 saturated carbocycles. The summed E-state index contributed by atoms with van der Waals surface area (Å²) in [6.45, 7) is 7.03. The average Bonchev–Trinajstić information content (AvgIpc) is 2.84. The predicted molar refractivity (Wildman–Crippen MR) is 132 cm³/mol. The van der Waals surface area contributed by atoms with Crippen molar-refractivity contribution in [3.05, 3.63) is 42.5 Å². The zero-order valence-corrected chi connectivity index (χ0v) is 20.8. The number of nitrogens with one attached hydrogen (secondary N) is 1. The summed E-state index contributed by atoms with van der Waals surface area (Å²) in [5.41, 5.74) is 0. The Morgan fingerprint density at radius 2 is 1.59 bits per heavy atom. The van der Waals surface area contributed by atoms with Crippen LogP contribution in [-0.4, -0.2) is 86.2 Å². The second-order valence-corrected chi connectivity index (χ2v) is 11.4. The van der Waals surface area contributed by atoms with Crippen LogP contribution < -0.4 is 5.32 Å². The summed E-state index contributed by atoms with van der Waals surface area (Å²) in [6, 6.07) is 13.1. The lowest BCUT2D eigenvalue weighted by molar-refractivity contribution is -0.134. The highest BCUT2D eigenvalue weighted by Gasteiger charge is 2.31. The molecule has 0 aliphatic carbocycles. The number of fused-ring (bicyclic) bond motifs is 1. The summed E-state index contributed by atoms with van der Waals surface area (Å²) in [7, 11) is -3.60. The summed E-state index contributed by atoms with van der Waals surface area (Å²) in [6.07, 6.45) is 1.67. The van der Waals surface area contributed by atoms with Crippen LogP contribution in [0.2, 0.25) is 0 Å². The van der Waals surface area contributed by atoms with Gasteiger partial charge in [-0.3, -0.25) is 14.5 Å². The predicted octanol–water partition coefficient (Wildman–Crippen LogP) is 1.91. The van der Waals surface area contributed by atoms with Crippen LogP contribution in [0.3, 0.4) is 0 Å². The minimum absolute atomic E-state index is 0.0247. The van der Waals surface area contributed by atoms with E-state index in [4.69, 9.17) is 0 Å². The molecule has 0 aromatic heterocycles. The molecule has 2 amide bonds. The Labute approximate surface area is 201 Å². The molecule has 9 heteroatoms. The van der Waals surface area contributed by atoms with Gasteiger partial charge >= 0.3 is 0 Å². The number of amides is 2. The lowest BCUT2D eigenvalue weighted by atomic mass is 10.0. The van der Waals surface area contributed by atoms with Crippen LogP contribution in [-0.2, 0) is 19.6 Å². The second kappa shape index (κ2) is 10.4. The Balaban J connectivity index is 1.27. The Bertz CT molecular complexity index is 1130. The number of carbonyl (C=O) groups is 2. The Hall–Kier alpha value is -2.49. The minimum Gasteiger partial charge on any atom is -0.353 e. The van der Waals surface area contributed by atoms with Crippen LogP contribution in [0, 0.1) is 5.92 Å². The van der Waals surface area contributed by atoms with E-state index in [0.717, 1.165) is 36.7 Å². The third-order valence-electron chi connectivity index (χ3n) is 6.77. The Morgan fingerprint density at radius 1 is 0.941 bits per heavy atom. The van der Waals surface area contributed by atoms with E-state index in [1.54, 1.807) is 17.0 Å². The number of carbonyl (C=O) groups excluding carboxylic acids is 2. The van der Waals surface area contributed by atoms with Gasteiger partial charge in [-0.05, 0) is 35.7 Å². The molecule has 0 atom stereocenters. The topological polar surface area (TPSA) is 90.0 Å². The molecule has 0 radical (unpaired) electrons. The highest BCUT2D eigenvalue weighted by molar-refractivity contribution is 7.89. The molecule has 8 nitrogen and oxygen atoms in total. The van der Waals surface area contributed by atoms with E-state index in [-0.39, 0.29) is 23.8 Å². The number of sulfonamides is 1. The lowest BCUT2D eigenvalue weighted by Crippen LogP contribution is -2.53. The molecule has 2 aliphatic rings. The van der Waals surface area contributed by atoms with Crippen LogP contribution in [0.25, 0.3) is 10.8 Å². The van der Waals surface area contributed by atoms with Gasteiger partial charge in [0.25, 0.3) is 0 Å². The largest absolute Gasteiger partial charge is 0.353 e. The SMILES string of the molecule is CC(C)C(=O)NC1CCN(CC(=O)N2CCN(S(=O)(=O)c3ccc4ccccc4c3)CC2)CC1. The normalized spacial score (nSPS) is 19.0. The molecule has 4 rings (SSSR count). The first-order chi connectivity index (χ1) is 16.2. The number of benzene rings is 2. The first kappa shape index (κ1) is 24.6. The number of nitrogens with zero attached hydrogens (tertiary/aromatic N) is 3. The van der Waals surface area contributed by atoms with Gasteiger partial charge in [0.15, 0.2) is 0 Å². The van der Waals surface area contributed by atoms with Crippen molar-refractivity contribution in [3.8, 4) is 0 Å². The van der Waals surface area contributed by atoms with E-state index >= 15 is 0 Å². The van der Waals surface area contributed by atoms with Gasteiger partial charge in [0, 0.05) is 51.2 Å². The molecule has 2 aromatic rings. The molecule has 184 valence electrons. The zero-order valence-electron chi connectivity index (χ0n) is 19.9. The van der Waals surface area contributed by atoms with Gasteiger partial charge in [-0.2, -0.15) is 4.31 Å². The summed E-state index contributed by atoms with van der Waals surface area (Å²) in [5, 5.41) is 4.97. The zero-order chi connectivity index (χ0) is 24.3. The van der Waals surface area contributed by atoms with Crippen LogP contribution in [0.4, 0.5) is 0 Å². The monoisotopic (exact) mass is 486 g/mol. The van der Waals surface area contributed by atoms with Crippen molar-refractivity contribution in [2.75, 3.05) is 45.8 Å². The molecule has 2 aromatic carbocycles. The number of hydrogen-bond donors (Lipinski definition) is 1. The van der Waals surface area contributed by atoms with Crippen LogP contribution in [0.1, 0.15) is 26.7 Å². The molecule has 0 spiro atoms. The Kier molecular flexibility index (Phi) is 7.54. The lowest BCUT2D eigenvalue weighted by Gasteiger charge is -2.37. The minimum atomic E-state index is -3.60. The fourth-order valence-corrected chi connectivity index (χ4v) is 6.01. The summed E-state index contributed by atoms with van der Waals surface area (Å²) < 4.78 is 27.8. The van der Waals surface area contributed by atoms with Gasteiger partial charge in [-0.25, -0.2) is 8.42 Å². The Morgan fingerprint density at radius 3 is 2.24 bits per heavy atom. The maximum Gasteiger partial charge on any atom is 0.243 e. The third-order valence-corrected chi connectivity index (χ3v) is 8.66. The molecule has 2 heterocycles. The molecule has 1 N–H and O–H groups in total. The molecular weight excluding hydrogens is 452 g/mol. The standard InChI is InChI=1S/C25H34N4O4S/c1-19(2)25(31)26-22-9-11-27(12-10-22)18-24(30)28-13-15-29(16-14-28)34(32,33)23-8-7-20-5-3-4-6-21(20)17-23/h3-8,17,19,22H,9-16,18H2,1-2H3,(H,26,31). The van der Waals surface area contributed by atoms with E-state index < -0.39 is 10.0 Å². The fraction of sp³-hybridized carbons (Fsp3) is 0.520. The van der Waals surface area contributed by atoms with E-state index in [9.17, 15) is 18.0 Å². The number of piperidine rings is 1. The summed E-state index contributed by atoms with van der Waals surface area (Å²) in [4.78, 5) is 28.9. The highest BCUT2D eigenvalue weighted by Crippen LogP contribution is 2.23. The number of piperazine rings is 1. The second-order valence-electron chi connectivity index (χ2n) is 9.51. The molecule has 2 saturated heterocycles. The maximum absolute atomic E-state index is 13.2. The van der Waals surface area contributed by atoms with Gasteiger partial charge in [0.2, 0.25) is 21.8 Å². The highest BCUT2D eigenvalue weighted by atomic mass is 32.2. The van der Waals surface area contributed by atoms with Crippen LogP contribution >= 0.6 is 0 Å². The number of likely N-dealkylation sites (tertiary alicyclic amines) is 1. The molecule has 0 bridgehead atoms. The first-order valence-electron chi connectivity index (χ1n) is 12.0. The van der Waals surface area contributed by atoms with Gasteiger partial charge in [-0.15, -0.1) is 0 Å². The molecule has 2 aliphatic heterocycles. The van der Waals surface area contributed by atoms with E-state index in [1.165, 1.54) is 4.31 Å². The van der Waals surface area contributed by atoms with E-state index in [2.05, 4.69) is 10.2 Å². The van der Waals surface area contributed by atoms with Crippen molar-refractivity contribution in [3.63, 3.8) is 0 Å². The van der Waals surface area contributed by atoms with Crippen molar-refractivity contribution in [2.24, 2.45) is 5.92 Å². The van der Waals surface area contributed by atoms with Gasteiger partial charge in [0.05, 0.1) is 11.4 Å². The maximum atomic E-state index is 13.2. The smallest absolute Gasteiger partial charge is 0.243 e. The average molecular weight is 487 g/mol. The quantitative estimate of drug-likeness (QED) is 0.674. The van der Waals surface area contributed by atoms with E-state index in [0.29, 0.717) is 37.6 Å². The number of rotatable bonds is 6. The number of hydrogen-bond acceptors (Lipinski definition) is 5. The summed E-state index contributed by atoms with van der Waals surface area (Å²) in [5.74, 6) is 0.0850. The molecule has 34 heavy (non-hydrogen) atoms. The van der Waals surface area contributed by atoms with Gasteiger partial charge in [0.1, 0.15) is 0 Å². The van der Waals surface area contributed by atoms with Gasteiger partial charge in [-0.1, -0.05) is 44.2 Å². The van der Waals surface area contributed by atoms with Crippen molar-refractivity contribution in [1.29, 1.82) is 0 Å². The van der Waals surface area contributed by atoms with Gasteiger partial charge < -0.3 is 10.2 Å². The molecular formula is C25H34N4O4S. The van der Waals surface area contributed by atoms with Crippen molar-refractivity contribution in [1.82, 2.24) is 19.4 Å².